The van der Waals surface area contributed by atoms with E-state index in [1.54, 1.807) is 7.05 Å². The predicted molar refractivity (Wildman–Crippen MR) is 82.5 cm³/mol. The van der Waals surface area contributed by atoms with Crippen molar-refractivity contribution in [2.24, 2.45) is 7.05 Å². The van der Waals surface area contributed by atoms with Crippen molar-refractivity contribution in [2.75, 3.05) is 0 Å². The van der Waals surface area contributed by atoms with Crippen LogP contribution in [0.25, 0.3) is 0 Å². The highest BCUT2D eigenvalue weighted by Gasteiger charge is 2.24. The Morgan fingerprint density at radius 1 is 1.48 bits per heavy atom. The second-order valence-electron chi connectivity index (χ2n) is 5.59. The normalized spacial score (nSPS) is 17.4. The number of fused-ring (bicyclic) bond motifs is 1. The van der Waals surface area contributed by atoms with E-state index in [1.807, 2.05) is 0 Å². The smallest absolute Gasteiger partial charge is 0.256 e. The highest BCUT2D eigenvalue weighted by molar-refractivity contribution is 6.32. The van der Waals surface area contributed by atoms with E-state index in [0.29, 0.717) is 10.7 Å². The number of benzene rings is 1. The van der Waals surface area contributed by atoms with Crippen LogP contribution < -0.4 is 5.32 Å². The number of nitrogens with one attached hydrogen (secondary N) is 1. The average Bonchev–Trinajstić information content (AvgIpc) is 2.80. The van der Waals surface area contributed by atoms with Crippen molar-refractivity contribution in [3.8, 4) is 0 Å². The quantitative estimate of drug-likeness (QED) is 0.926. The van der Waals surface area contributed by atoms with Crippen LogP contribution in [0.15, 0.2) is 24.4 Å². The molecule has 110 valence electrons. The minimum Gasteiger partial charge on any atom is -0.345 e. The monoisotopic (exact) mass is 303 g/mol. The van der Waals surface area contributed by atoms with Crippen LogP contribution in [0.3, 0.4) is 0 Å². The molecule has 1 aliphatic carbocycles. The molecule has 0 aliphatic heterocycles. The molecule has 2 aromatic rings. The first kappa shape index (κ1) is 14.1. The van der Waals surface area contributed by atoms with Crippen LogP contribution >= 0.6 is 11.6 Å². The molecule has 1 atom stereocenters. The summed E-state index contributed by atoms with van der Waals surface area (Å²) in [5.74, 6) is -0.160. The number of aryl methyl sites for hydroxylation is 3. The fourth-order valence-corrected chi connectivity index (χ4v) is 3.06. The van der Waals surface area contributed by atoms with Gasteiger partial charge in [0.1, 0.15) is 5.15 Å². The average molecular weight is 304 g/mol. The largest absolute Gasteiger partial charge is 0.345 e. The van der Waals surface area contributed by atoms with Crippen LogP contribution in [-0.4, -0.2) is 15.7 Å². The second kappa shape index (κ2) is 5.53. The number of halogens is 1. The van der Waals surface area contributed by atoms with Gasteiger partial charge in [-0.2, -0.15) is 5.10 Å². The van der Waals surface area contributed by atoms with Gasteiger partial charge in [-0.1, -0.05) is 35.4 Å². The van der Waals surface area contributed by atoms with Crippen molar-refractivity contribution in [1.82, 2.24) is 15.1 Å². The minimum absolute atomic E-state index is 0.0532. The Bertz CT molecular complexity index is 693. The molecule has 0 saturated heterocycles. The number of aromatic nitrogens is 2. The van der Waals surface area contributed by atoms with E-state index >= 15 is 0 Å². The second-order valence-corrected chi connectivity index (χ2v) is 5.95. The van der Waals surface area contributed by atoms with E-state index in [9.17, 15) is 4.79 Å². The highest BCUT2D eigenvalue weighted by atomic mass is 35.5. The lowest BCUT2D eigenvalue weighted by molar-refractivity contribution is 0.0933. The van der Waals surface area contributed by atoms with Gasteiger partial charge in [-0.25, -0.2) is 0 Å². The number of hydrogen-bond acceptors (Lipinski definition) is 2. The van der Waals surface area contributed by atoms with Gasteiger partial charge in [-0.15, -0.1) is 0 Å². The number of hydrogen-bond donors (Lipinski definition) is 1. The third kappa shape index (κ3) is 2.68. The van der Waals surface area contributed by atoms with E-state index in [2.05, 4.69) is 35.5 Å². The molecular weight excluding hydrogens is 286 g/mol. The van der Waals surface area contributed by atoms with Crippen LogP contribution in [0, 0.1) is 6.92 Å². The van der Waals surface area contributed by atoms with E-state index in [1.165, 1.54) is 27.6 Å². The van der Waals surface area contributed by atoms with Gasteiger partial charge in [0.05, 0.1) is 17.8 Å². The van der Waals surface area contributed by atoms with Gasteiger partial charge in [0, 0.05) is 7.05 Å². The van der Waals surface area contributed by atoms with E-state index < -0.39 is 0 Å². The first-order valence-corrected chi connectivity index (χ1v) is 7.52. The highest BCUT2D eigenvalue weighted by Crippen LogP contribution is 2.31. The number of rotatable bonds is 2. The van der Waals surface area contributed by atoms with Gasteiger partial charge in [-0.05, 0) is 37.3 Å². The van der Waals surface area contributed by atoms with Crippen LogP contribution in [0.5, 0.6) is 0 Å². The zero-order valence-electron chi connectivity index (χ0n) is 12.2. The molecule has 0 saturated carbocycles. The molecule has 1 N–H and O–H groups in total. The summed E-state index contributed by atoms with van der Waals surface area (Å²) < 4.78 is 1.50. The van der Waals surface area contributed by atoms with Crippen LogP contribution in [-0.2, 0) is 13.5 Å². The lowest BCUT2D eigenvalue weighted by atomic mass is 9.86. The van der Waals surface area contributed by atoms with Crippen LogP contribution in [0.1, 0.15) is 45.9 Å². The molecular formula is C16H18ClN3O. The Labute approximate surface area is 129 Å². The number of carbonyl (C=O) groups is 1. The Kier molecular flexibility index (Phi) is 3.72. The summed E-state index contributed by atoms with van der Waals surface area (Å²) >= 11 is 6.09. The number of carbonyl (C=O) groups excluding carboxylic acids is 1. The molecule has 1 aromatic heterocycles. The minimum atomic E-state index is -0.160. The molecule has 1 aromatic carbocycles. The van der Waals surface area contributed by atoms with Crippen molar-refractivity contribution < 1.29 is 4.79 Å². The van der Waals surface area contributed by atoms with Crippen molar-refractivity contribution >= 4 is 17.5 Å². The maximum absolute atomic E-state index is 12.4. The van der Waals surface area contributed by atoms with Crippen molar-refractivity contribution in [1.29, 1.82) is 0 Å². The van der Waals surface area contributed by atoms with Gasteiger partial charge in [0.25, 0.3) is 5.91 Å². The number of nitrogens with zero attached hydrogens (tertiary/aromatic N) is 2. The number of amides is 1. The lowest BCUT2D eigenvalue weighted by Crippen LogP contribution is -2.31. The van der Waals surface area contributed by atoms with Gasteiger partial charge in [0.15, 0.2) is 0 Å². The molecule has 4 nitrogen and oxygen atoms in total. The first-order valence-electron chi connectivity index (χ1n) is 7.14. The third-order valence-corrected chi connectivity index (χ3v) is 4.48. The molecule has 1 heterocycles. The molecule has 0 radical (unpaired) electrons. The van der Waals surface area contributed by atoms with Gasteiger partial charge in [-0.3, -0.25) is 9.48 Å². The molecule has 0 fully saturated rings. The fraction of sp³-hybridized carbons (Fsp3) is 0.375. The van der Waals surface area contributed by atoms with E-state index in [-0.39, 0.29) is 11.9 Å². The van der Waals surface area contributed by atoms with Crippen molar-refractivity contribution in [3.05, 3.63) is 51.8 Å². The molecule has 1 amide bonds. The lowest BCUT2D eigenvalue weighted by Gasteiger charge is -2.26. The maximum atomic E-state index is 12.4. The molecule has 1 aliphatic rings. The Morgan fingerprint density at radius 2 is 2.29 bits per heavy atom. The summed E-state index contributed by atoms with van der Waals surface area (Å²) in [5.41, 5.74) is 4.21. The summed E-state index contributed by atoms with van der Waals surface area (Å²) in [6.45, 7) is 2.08. The molecule has 0 spiro atoms. The third-order valence-electron chi connectivity index (χ3n) is 4.03. The molecule has 0 unspecified atom stereocenters. The Morgan fingerprint density at radius 3 is 3.00 bits per heavy atom. The van der Waals surface area contributed by atoms with Crippen LogP contribution in [0.4, 0.5) is 0 Å². The zero-order chi connectivity index (χ0) is 15.0. The topological polar surface area (TPSA) is 46.9 Å². The van der Waals surface area contributed by atoms with E-state index in [4.69, 9.17) is 11.6 Å². The molecule has 21 heavy (non-hydrogen) atoms. The Hall–Kier alpha value is -1.81. The predicted octanol–water partition coefficient (Wildman–Crippen LogP) is 3.19. The van der Waals surface area contributed by atoms with Crippen molar-refractivity contribution in [3.63, 3.8) is 0 Å². The van der Waals surface area contributed by atoms with E-state index in [0.717, 1.165) is 19.3 Å². The summed E-state index contributed by atoms with van der Waals surface area (Å²) in [7, 11) is 1.72. The molecule has 5 heteroatoms. The standard InChI is InChI=1S/C16H18ClN3O/c1-10-6-7-11-4-3-5-14(12(11)8-10)19-16(21)13-9-18-20(2)15(13)17/h6-9,14H,3-5H2,1-2H3,(H,19,21)/t14-/m0/s1. The summed E-state index contributed by atoms with van der Waals surface area (Å²) in [6.07, 6.45) is 4.63. The zero-order valence-corrected chi connectivity index (χ0v) is 12.9. The van der Waals surface area contributed by atoms with Gasteiger partial charge >= 0.3 is 0 Å². The van der Waals surface area contributed by atoms with Crippen molar-refractivity contribution in [2.45, 2.75) is 32.2 Å². The van der Waals surface area contributed by atoms with Gasteiger partial charge in [0.2, 0.25) is 0 Å². The summed E-state index contributed by atoms with van der Waals surface area (Å²) in [4.78, 5) is 12.4. The summed E-state index contributed by atoms with van der Waals surface area (Å²) in [6, 6.07) is 6.52. The summed E-state index contributed by atoms with van der Waals surface area (Å²) in [5, 5.41) is 7.48. The Balaban J connectivity index is 1.85. The van der Waals surface area contributed by atoms with Crippen LogP contribution in [0.2, 0.25) is 5.15 Å². The van der Waals surface area contributed by atoms with Gasteiger partial charge < -0.3 is 5.32 Å². The SMILES string of the molecule is Cc1ccc2c(c1)[C@@H](NC(=O)c1cnn(C)c1Cl)CCC2. The first-order chi connectivity index (χ1) is 10.1. The fourth-order valence-electron chi connectivity index (χ4n) is 2.88. The molecule has 3 rings (SSSR count). The maximum Gasteiger partial charge on any atom is 0.256 e. The molecule has 0 bridgehead atoms.